The SMILES string of the molecule is CCCC/C=C/c1cc(C(=O)NCc2ccc(F)c(F)c2)c(N(C)C)n1Cc1ccccc1. The molecular formula is C27H31F2N3O. The molecule has 1 amide bonds. The van der Waals surface area contributed by atoms with Gasteiger partial charge in [-0.3, -0.25) is 4.79 Å². The molecule has 3 aromatic rings. The molecule has 0 bridgehead atoms. The Hall–Kier alpha value is -3.41. The van der Waals surface area contributed by atoms with Gasteiger partial charge in [0.15, 0.2) is 11.6 Å². The normalized spacial score (nSPS) is 11.2. The topological polar surface area (TPSA) is 37.3 Å². The highest BCUT2D eigenvalue weighted by atomic mass is 19.2. The minimum Gasteiger partial charge on any atom is -0.363 e. The molecule has 4 nitrogen and oxygen atoms in total. The number of nitrogens with zero attached hydrogens (tertiary/aromatic N) is 2. The van der Waals surface area contributed by atoms with Crippen molar-refractivity contribution >= 4 is 17.8 Å². The number of benzene rings is 2. The maximum atomic E-state index is 13.5. The predicted molar refractivity (Wildman–Crippen MR) is 130 cm³/mol. The minimum atomic E-state index is -0.927. The van der Waals surface area contributed by atoms with Crippen LogP contribution in [0.1, 0.15) is 53.4 Å². The molecule has 0 aliphatic rings. The Kier molecular flexibility index (Phi) is 8.41. The van der Waals surface area contributed by atoms with Crippen LogP contribution in [0.5, 0.6) is 0 Å². The Morgan fingerprint density at radius 3 is 2.45 bits per heavy atom. The van der Waals surface area contributed by atoms with Crippen LogP contribution >= 0.6 is 0 Å². The van der Waals surface area contributed by atoms with E-state index in [0.29, 0.717) is 17.7 Å². The van der Waals surface area contributed by atoms with Crippen LogP contribution in [0.15, 0.2) is 60.7 Å². The van der Waals surface area contributed by atoms with E-state index in [0.717, 1.165) is 48.5 Å². The van der Waals surface area contributed by atoms with E-state index in [2.05, 4.69) is 41.1 Å². The van der Waals surface area contributed by atoms with Crippen LogP contribution in [-0.4, -0.2) is 24.6 Å². The standard InChI is InChI=1S/C27H31F2N3O/c1-4-5-6-10-13-22-17-23(26(33)30-18-21-14-15-24(28)25(29)16-21)27(31(2)3)32(22)19-20-11-8-7-9-12-20/h7-17H,4-6,18-19H2,1-3H3,(H,30,33)/b13-10+. The van der Waals surface area contributed by atoms with Gasteiger partial charge < -0.3 is 14.8 Å². The van der Waals surface area contributed by atoms with Crippen LogP contribution in [-0.2, 0) is 13.1 Å². The van der Waals surface area contributed by atoms with Crippen molar-refractivity contribution in [1.29, 1.82) is 0 Å². The zero-order chi connectivity index (χ0) is 23.8. The first kappa shape index (κ1) is 24.2. The molecule has 0 radical (unpaired) electrons. The van der Waals surface area contributed by atoms with E-state index in [9.17, 15) is 13.6 Å². The van der Waals surface area contributed by atoms with Crippen molar-refractivity contribution in [3.8, 4) is 0 Å². The third-order valence-electron chi connectivity index (χ3n) is 5.40. The number of rotatable bonds is 10. The summed E-state index contributed by atoms with van der Waals surface area (Å²) >= 11 is 0. The lowest BCUT2D eigenvalue weighted by Crippen LogP contribution is -2.26. The molecule has 1 heterocycles. The van der Waals surface area contributed by atoms with Gasteiger partial charge in [0.25, 0.3) is 5.91 Å². The maximum Gasteiger partial charge on any atom is 0.255 e. The van der Waals surface area contributed by atoms with E-state index in [-0.39, 0.29) is 12.5 Å². The van der Waals surface area contributed by atoms with E-state index in [1.807, 2.05) is 43.3 Å². The van der Waals surface area contributed by atoms with Crippen molar-refractivity contribution in [2.75, 3.05) is 19.0 Å². The van der Waals surface area contributed by atoms with Gasteiger partial charge in [-0.05, 0) is 41.8 Å². The van der Waals surface area contributed by atoms with Gasteiger partial charge in [0, 0.05) is 32.9 Å². The van der Waals surface area contributed by atoms with Crippen molar-refractivity contribution in [2.24, 2.45) is 0 Å². The number of unbranched alkanes of at least 4 members (excludes halogenated alkanes) is 2. The van der Waals surface area contributed by atoms with Gasteiger partial charge in [0.1, 0.15) is 5.82 Å². The van der Waals surface area contributed by atoms with E-state index in [1.54, 1.807) is 0 Å². The van der Waals surface area contributed by atoms with Gasteiger partial charge in [-0.1, -0.05) is 62.2 Å². The number of carbonyl (C=O) groups excluding carboxylic acids is 1. The average Bonchev–Trinajstić information content (AvgIpc) is 3.16. The molecule has 0 fully saturated rings. The van der Waals surface area contributed by atoms with Gasteiger partial charge in [0.05, 0.1) is 5.56 Å². The second kappa shape index (κ2) is 11.5. The summed E-state index contributed by atoms with van der Waals surface area (Å²) in [5.41, 5.74) is 3.11. The number of aromatic nitrogens is 1. The highest BCUT2D eigenvalue weighted by molar-refractivity contribution is 6.00. The van der Waals surface area contributed by atoms with Crippen molar-refractivity contribution < 1.29 is 13.6 Å². The Morgan fingerprint density at radius 1 is 1.03 bits per heavy atom. The number of halogens is 2. The molecule has 1 aromatic heterocycles. The zero-order valence-corrected chi connectivity index (χ0v) is 19.4. The third kappa shape index (κ3) is 6.31. The highest BCUT2D eigenvalue weighted by Gasteiger charge is 2.21. The van der Waals surface area contributed by atoms with Crippen LogP contribution in [0.25, 0.3) is 6.08 Å². The molecule has 0 atom stereocenters. The van der Waals surface area contributed by atoms with Crippen molar-refractivity contribution in [2.45, 2.75) is 39.3 Å². The fourth-order valence-electron chi connectivity index (χ4n) is 3.73. The van der Waals surface area contributed by atoms with Gasteiger partial charge >= 0.3 is 0 Å². The number of anilines is 1. The quantitative estimate of drug-likeness (QED) is 0.383. The Bertz CT molecular complexity index is 1100. The number of amides is 1. The lowest BCUT2D eigenvalue weighted by molar-refractivity contribution is 0.0951. The monoisotopic (exact) mass is 451 g/mol. The first-order chi connectivity index (χ1) is 15.9. The van der Waals surface area contributed by atoms with Gasteiger partial charge in [-0.2, -0.15) is 0 Å². The third-order valence-corrected chi connectivity index (χ3v) is 5.40. The summed E-state index contributed by atoms with van der Waals surface area (Å²) in [4.78, 5) is 15.1. The summed E-state index contributed by atoms with van der Waals surface area (Å²) in [6.45, 7) is 2.89. The van der Waals surface area contributed by atoms with Gasteiger partial charge in [-0.15, -0.1) is 0 Å². The Balaban J connectivity index is 1.92. The van der Waals surface area contributed by atoms with E-state index < -0.39 is 11.6 Å². The predicted octanol–water partition coefficient (Wildman–Crippen LogP) is 6.01. The molecule has 0 aliphatic heterocycles. The molecule has 0 saturated heterocycles. The lowest BCUT2D eigenvalue weighted by Gasteiger charge is -2.20. The average molecular weight is 452 g/mol. The molecule has 33 heavy (non-hydrogen) atoms. The van der Waals surface area contributed by atoms with Crippen LogP contribution in [0.4, 0.5) is 14.6 Å². The van der Waals surface area contributed by atoms with E-state index in [4.69, 9.17) is 0 Å². The number of hydrogen-bond acceptors (Lipinski definition) is 2. The van der Waals surface area contributed by atoms with E-state index >= 15 is 0 Å². The van der Waals surface area contributed by atoms with Crippen LogP contribution in [0, 0.1) is 11.6 Å². The Morgan fingerprint density at radius 2 is 1.79 bits per heavy atom. The first-order valence-electron chi connectivity index (χ1n) is 11.2. The van der Waals surface area contributed by atoms with Crippen LogP contribution in [0.3, 0.4) is 0 Å². The van der Waals surface area contributed by atoms with Gasteiger partial charge in [0.2, 0.25) is 0 Å². The molecule has 0 saturated carbocycles. The second-order valence-electron chi connectivity index (χ2n) is 8.25. The molecule has 1 N–H and O–H groups in total. The lowest BCUT2D eigenvalue weighted by atomic mass is 10.2. The summed E-state index contributed by atoms with van der Waals surface area (Å²) in [7, 11) is 3.82. The largest absolute Gasteiger partial charge is 0.363 e. The first-order valence-corrected chi connectivity index (χ1v) is 11.2. The molecular weight excluding hydrogens is 420 g/mol. The van der Waals surface area contributed by atoms with Gasteiger partial charge in [-0.25, -0.2) is 8.78 Å². The molecule has 3 rings (SSSR count). The van der Waals surface area contributed by atoms with Crippen LogP contribution < -0.4 is 10.2 Å². The summed E-state index contributed by atoms with van der Waals surface area (Å²) in [6, 6.07) is 15.6. The minimum absolute atomic E-state index is 0.106. The van der Waals surface area contributed by atoms with Crippen molar-refractivity contribution in [1.82, 2.24) is 9.88 Å². The highest BCUT2D eigenvalue weighted by Crippen LogP contribution is 2.27. The van der Waals surface area contributed by atoms with Crippen molar-refractivity contribution in [3.63, 3.8) is 0 Å². The maximum absolute atomic E-state index is 13.5. The summed E-state index contributed by atoms with van der Waals surface area (Å²) in [6.07, 6.45) is 7.41. The molecule has 0 unspecified atom stereocenters. The molecule has 174 valence electrons. The summed E-state index contributed by atoms with van der Waals surface area (Å²) in [5.74, 6) is -1.31. The fourth-order valence-corrected chi connectivity index (χ4v) is 3.73. The Labute approximate surface area is 194 Å². The summed E-state index contributed by atoms with van der Waals surface area (Å²) in [5, 5.41) is 2.85. The molecule has 0 spiro atoms. The zero-order valence-electron chi connectivity index (χ0n) is 19.4. The molecule has 2 aromatic carbocycles. The number of hydrogen-bond donors (Lipinski definition) is 1. The van der Waals surface area contributed by atoms with E-state index in [1.165, 1.54) is 6.07 Å². The second-order valence-corrected chi connectivity index (χ2v) is 8.25. The fraction of sp³-hybridized carbons (Fsp3) is 0.296. The number of allylic oxidation sites excluding steroid dienone is 1. The van der Waals surface area contributed by atoms with Crippen molar-refractivity contribution in [3.05, 3.63) is 94.7 Å². The number of nitrogens with one attached hydrogen (secondary N) is 1. The molecule has 0 aliphatic carbocycles. The summed E-state index contributed by atoms with van der Waals surface area (Å²) < 4.78 is 28.9. The number of carbonyl (C=O) groups is 1. The smallest absolute Gasteiger partial charge is 0.255 e. The molecule has 6 heteroatoms. The van der Waals surface area contributed by atoms with Crippen LogP contribution in [0.2, 0.25) is 0 Å².